The van der Waals surface area contributed by atoms with Crippen LogP contribution in [0, 0.1) is 0 Å². The van der Waals surface area contributed by atoms with Gasteiger partial charge in [-0.1, -0.05) is 90.8 Å². The quantitative estimate of drug-likeness (QED) is 0.286. The second-order valence-corrected chi connectivity index (χ2v) is 10.1. The normalized spacial score (nSPS) is 12.5. The fourth-order valence-electron chi connectivity index (χ4n) is 2.85. The number of thioether (sulfide) groups is 1. The van der Waals surface area contributed by atoms with Crippen molar-refractivity contribution in [2.75, 3.05) is 6.61 Å². The Bertz CT molecular complexity index is 460. The molecule has 0 bridgehead atoms. The Hall–Kier alpha value is -1.04. The summed E-state index contributed by atoms with van der Waals surface area (Å²) in [4.78, 5) is 36.5. The van der Waals surface area contributed by atoms with Gasteiger partial charge in [-0.3, -0.25) is 9.59 Å². The lowest BCUT2D eigenvalue weighted by molar-refractivity contribution is -0.148. The van der Waals surface area contributed by atoms with Crippen molar-refractivity contribution in [3.8, 4) is 0 Å². The molecule has 0 aliphatic rings. The largest absolute Gasteiger partial charge is 0.464 e. The van der Waals surface area contributed by atoms with Crippen molar-refractivity contribution in [2.45, 2.75) is 116 Å². The van der Waals surface area contributed by atoms with Crippen LogP contribution < -0.4 is 5.32 Å². The SMILES string of the molecule is CCCCCCCCCCCC(=O)N[C@H](CC(=O)SC(C)(C)C)C(=O)OCC. The molecule has 0 aromatic rings. The van der Waals surface area contributed by atoms with Crippen molar-refractivity contribution in [1.82, 2.24) is 5.32 Å². The van der Waals surface area contributed by atoms with Crippen LogP contribution in [0.25, 0.3) is 0 Å². The van der Waals surface area contributed by atoms with Crippen LogP contribution in [0.5, 0.6) is 0 Å². The highest BCUT2D eigenvalue weighted by atomic mass is 32.2. The van der Waals surface area contributed by atoms with E-state index in [1.807, 2.05) is 20.8 Å². The van der Waals surface area contributed by atoms with Crippen LogP contribution in [-0.2, 0) is 19.1 Å². The molecule has 0 spiro atoms. The van der Waals surface area contributed by atoms with Gasteiger partial charge in [0.1, 0.15) is 6.04 Å². The zero-order chi connectivity index (χ0) is 21.4. The summed E-state index contributed by atoms with van der Waals surface area (Å²) in [7, 11) is 0. The molecule has 6 heteroatoms. The van der Waals surface area contributed by atoms with Crippen molar-refractivity contribution in [2.24, 2.45) is 0 Å². The number of unbranched alkanes of at least 4 members (excludes halogenated alkanes) is 8. The van der Waals surface area contributed by atoms with Gasteiger partial charge in [-0.15, -0.1) is 0 Å². The van der Waals surface area contributed by atoms with E-state index in [9.17, 15) is 14.4 Å². The van der Waals surface area contributed by atoms with Crippen molar-refractivity contribution in [1.29, 1.82) is 0 Å². The minimum atomic E-state index is -0.895. The minimum absolute atomic E-state index is 0.0374. The summed E-state index contributed by atoms with van der Waals surface area (Å²) in [6, 6.07) is -0.895. The van der Waals surface area contributed by atoms with Gasteiger partial charge in [0.15, 0.2) is 5.12 Å². The molecule has 5 nitrogen and oxygen atoms in total. The molecule has 0 unspecified atom stereocenters. The highest BCUT2D eigenvalue weighted by molar-refractivity contribution is 8.14. The summed E-state index contributed by atoms with van der Waals surface area (Å²) in [5.41, 5.74) is 0. The molecule has 28 heavy (non-hydrogen) atoms. The molecule has 0 aliphatic carbocycles. The number of rotatable bonds is 15. The summed E-state index contributed by atoms with van der Waals surface area (Å²) in [6.45, 7) is 9.98. The molecule has 0 saturated heterocycles. The average molecular weight is 416 g/mol. The van der Waals surface area contributed by atoms with E-state index in [-0.39, 0.29) is 28.8 Å². The monoisotopic (exact) mass is 415 g/mol. The van der Waals surface area contributed by atoms with Gasteiger partial charge in [0.25, 0.3) is 0 Å². The number of hydrogen-bond donors (Lipinski definition) is 1. The number of hydrogen-bond acceptors (Lipinski definition) is 5. The number of ether oxygens (including phenoxy) is 1. The van der Waals surface area contributed by atoms with Gasteiger partial charge in [-0.2, -0.15) is 0 Å². The Morgan fingerprint density at radius 3 is 1.93 bits per heavy atom. The first kappa shape index (κ1) is 27.0. The van der Waals surface area contributed by atoms with Crippen molar-refractivity contribution in [3.63, 3.8) is 0 Å². The molecule has 164 valence electrons. The predicted octanol–water partition coefficient (Wildman–Crippen LogP) is 5.40. The van der Waals surface area contributed by atoms with Crippen LogP contribution >= 0.6 is 11.8 Å². The lowest BCUT2D eigenvalue weighted by Crippen LogP contribution is -2.43. The van der Waals surface area contributed by atoms with Gasteiger partial charge in [0, 0.05) is 17.6 Å². The first-order valence-electron chi connectivity index (χ1n) is 10.9. The summed E-state index contributed by atoms with van der Waals surface area (Å²) in [6.07, 6.45) is 11.0. The van der Waals surface area contributed by atoms with Crippen LogP contribution in [0.2, 0.25) is 0 Å². The first-order valence-corrected chi connectivity index (χ1v) is 11.7. The number of amides is 1. The van der Waals surface area contributed by atoms with Gasteiger partial charge >= 0.3 is 5.97 Å². The van der Waals surface area contributed by atoms with E-state index in [1.165, 1.54) is 50.3 Å². The van der Waals surface area contributed by atoms with E-state index in [2.05, 4.69) is 12.2 Å². The third kappa shape index (κ3) is 16.0. The molecule has 1 amide bonds. The van der Waals surface area contributed by atoms with Crippen LogP contribution in [-0.4, -0.2) is 34.4 Å². The highest BCUT2D eigenvalue weighted by Crippen LogP contribution is 2.25. The summed E-state index contributed by atoms with van der Waals surface area (Å²) in [5, 5.41) is 2.58. The third-order valence-corrected chi connectivity index (χ3v) is 5.21. The molecule has 0 aromatic carbocycles. The maximum absolute atomic E-state index is 12.2. The van der Waals surface area contributed by atoms with Gasteiger partial charge in [-0.05, 0) is 13.3 Å². The molecular formula is C22H41NO4S. The van der Waals surface area contributed by atoms with Gasteiger partial charge in [0.05, 0.1) is 6.61 Å². The van der Waals surface area contributed by atoms with E-state index < -0.39 is 12.0 Å². The molecule has 0 saturated carbocycles. The van der Waals surface area contributed by atoms with E-state index >= 15 is 0 Å². The van der Waals surface area contributed by atoms with E-state index in [0.29, 0.717) is 6.42 Å². The highest BCUT2D eigenvalue weighted by Gasteiger charge is 2.27. The summed E-state index contributed by atoms with van der Waals surface area (Å²) in [5.74, 6) is -0.722. The second kappa shape index (κ2) is 15.8. The first-order chi connectivity index (χ1) is 13.2. The Kier molecular flexibility index (Phi) is 15.2. The summed E-state index contributed by atoms with van der Waals surface area (Å²) < 4.78 is 4.79. The Labute approximate surface area is 176 Å². The maximum Gasteiger partial charge on any atom is 0.329 e. The lowest BCUT2D eigenvalue weighted by Gasteiger charge is -2.20. The van der Waals surface area contributed by atoms with Crippen molar-refractivity contribution < 1.29 is 19.1 Å². The zero-order valence-electron chi connectivity index (χ0n) is 18.6. The number of carbonyl (C=O) groups excluding carboxylic acids is 3. The molecule has 0 rings (SSSR count). The van der Waals surface area contributed by atoms with Crippen molar-refractivity contribution in [3.05, 3.63) is 0 Å². The van der Waals surface area contributed by atoms with Crippen LogP contribution in [0.15, 0.2) is 0 Å². The predicted molar refractivity (Wildman–Crippen MR) is 117 cm³/mol. The van der Waals surface area contributed by atoms with E-state index in [0.717, 1.165) is 19.3 Å². The lowest BCUT2D eigenvalue weighted by atomic mass is 10.1. The topological polar surface area (TPSA) is 72.5 Å². The second-order valence-electron chi connectivity index (χ2n) is 8.24. The van der Waals surface area contributed by atoms with E-state index in [1.54, 1.807) is 6.92 Å². The Morgan fingerprint density at radius 2 is 1.43 bits per heavy atom. The summed E-state index contributed by atoms with van der Waals surface area (Å²) >= 11 is 1.18. The molecule has 0 fully saturated rings. The van der Waals surface area contributed by atoms with Crippen LogP contribution in [0.4, 0.5) is 0 Å². The third-order valence-electron chi connectivity index (χ3n) is 4.20. The molecular weight excluding hydrogens is 374 g/mol. The Morgan fingerprint density at radius 1 is 0.893 bits per heavy atom. The van der Waals surface area contributed by atoms with Crippen LogP contribution in [0.1, 0.15) is 105 Å². The van der Waals surface area contributed by atoms with Crippen molar-refractivity contribution >= 4 is 28.8 Å². The maximum atomic E-state index is 12.2. The average Bonchev–Trinajstić information content (AvgIpc) is 2.58. The molecule has 0 aromatic heterocycles. The number of esters is 1. The van der Waals surface area contributed by atoms with Gasteiger partial charge in [-0.25, -0.2) is 4.79 Å². The molecule has 0 radical (unpaired) electrons. The number of carbonyl (C=O) groups is 3. The fraction of sp³-hybridized carbons (Fsp3) is 0.864. The fourth-order valence-corrected chi connectivity index (χ4v) is 3.78. The number of nitrogens with one attached hydrogen (secondary N) is 1. The minimum Gasteiger partial charge on any atom is -0.464 e. The standard InChI is InChI=1S/C22H41NO4S/c1-6-8-9-10-11-12-13-14-15-16-19(24)23-18(21(26)27-7-2)17-20(25)28-22(3,4)5/h18H,6-17H2,1-5H3,(H,23,24)/t18-/m1/s1. The Balaban J connectivity index is 4.20. The van der Waals surface area contributed by atoms with E-state index in [4.69, 9.17) is 4.74 Å². The van der Waals surface area contributed by atoms with Gasteiger partial charge < -0.3 is 10.1 Å². The smallest absolute Gasteiger partial charge is 0.329 e. The molecule has 1 N–H and O–H groups in total. The van der Waals surface area contributed by atoms with Crippen LogP contribution in [0.3, 0.4) is 0 Å². The molecule has 1 atom stereocenters. The molecule has 0 aliphatic heterocycles. The zero-order valence-corrected chi connectivity index (χ0v) is 19.4. The van der Waals surface area contributed by atoms with Gasteiger partial charge in [0.2, 0.25) is 5.91 Å². The molecule has 0 heterocycles.